The van der Waals surface area contributed by atoms with Crippen LogP contribution in [0.5, 0.6) is 5.75 Å². The van der Waals surface area contributed by atoms with E-state index in [2.05, 4.69) is 0 Å². The van der Waals surface area contributed by atoms with E-state index in [4.69, 9.17) is 21.1 Å². The first-order chi connectivity index (χ1) is 18.0. The van der Waals surface area contributed by atoms with Crippen LogP contribution in [0, 0.1) is 5.92 Å². The van der Waals surface area contributed by atoms with Gasteiger partial charge in [0.1, 0.15) is 5.75 Å². The number of halogens is 1. The summed E-state index contributed by atoms with van der Waals surface area (Å²) in [4.78, 5) is 27.2. The molecule has 0 radical (unpaired) electrons. The van der Waals surface area contributed by atoms with E-state index in [1.54, 1.807) is 13.2 Å². The van der Waals surface area contributed by atoms with Gasteiger partial charge in [0.2, 0.25) is 5.91 Å². The predicted molar refractivity (Wildman–Crippen MR) is 149 cm³/mol. The molecule has 0 atom stereocenters. The van der Waals surface area contributed by atoms with Crippen LogP contribution < -0.4 is 9.64 Å². The van der Waals surface area contributed by atoms with Crippen LogP contribution in [-0.2, 0) is 20.9 Å². The summed E-state index contributed by atoms with van der Waals surface area (Å²) in [5.41, 5.74) is 4.56. The Morgan fingerprint density at radius 2 is 1.73 bits per heavy atom. The minimum atomic E-state index is -0.419. The maximum absolute atomic E-state index is 13.7. The molecule has 0 heterocycles. The molecule has 0 N–H and O–H groups in total. The number of carbonyl (C=O) groups is 2. The van der Waals surface area contributed by atoms with Crippen molar-refractivity contribution in [3.8, 4) is 16.9 Å². The first-order valence-corrected chi connectivity index (χ1v) is 13.0. The second-order valence-electron chi connectivity index (χ2n) is 9.25. The Hall–Kier alpha value is -3.57. The third-order valence-electron chi connectivity index (χ3n) is 6.78. The quantitative estimate of drug-likeness (QED) is 0.232. The zero-order chi connectivity index (χ0) is 26.2. The smallest absolute Gasteiger partial charge is 0.330 e. The van der Waals surface area contributed by atoms with Crippen LogP contribution in [0.4, 0.5) is 5.69 Å². The third kappa shape index (κ3) is 6.80. The fourth-order valence-corrected chi connectivity index (χ4v) is 4.95. The monoisotopic (exact) mass is 517 g/mol. The second-order valence-corrected chi connectivity index (χ2v) is 9.69. The first kappa shape index (κ1) is 26.5. The summed E-state index contributed by atoms with van der Waals surface area (Å²) in [5, 5.41) is 0.644. The zero-order valence-corrected chi connectivity index (χ0v) is 22.0. The van der Waals surface area contributed by atoms with E-state index in [0.29, 0.717) is 11.6 Å². The number of rotatable bonds is 8. The summed E-state index contributed by atoms with van der Waals surface area (Å²) >= 11 is 6.23. The third-order valence-corrected chi connectivity index (χ3v) is 7.02. The molecule has 6 heteroatoms. The molecule has 0 aliphatic heterocycles. The highest BCUT2D eigenvalue weighted by Gasteiger charge is 2.27. The molecule has 4 rings (SSSR count). The van der Waals surface area contributed by atoms with Gasteiger partial charge in [0.05, 0.1) is 20.8 Å². The maximum Gasteiger partial charge on any atom is 0.330 e. The summed E-state index contributed by atoms with van der Waals surface area (Å²) in [6, 6.07) is 21.4. The Labute approximate surface area is 223 Å². The van der Waals surface area contributed by atoms with Crippen LogP contribution in [0.1, 0.15) is 43.2 Å². The van der Waals surface area contributed by atoms with Crippen LogP contribution in [0.3, 0.4) is 0 Å². The van der Waals surface area contributed by atoms with Gasteiger partial charge in [-0.2, -0.15) is 0 Å². The van der Waals surface area contributed by atoms with E-state index in [1.165, 1.54) is 19.6 Å². The Kier molecular flexibility index (Phi) is 9.02. The Morgan fingerprint density at radius 1 is 0.973 bits per heavy atom. The summed E-state index contributed by atoms with van der Waals surface area (Å²) in [6.07, 6.45) is 8.28. The van der Waals surface area contributed by atoms with Gasteiger partial charge in [-0.05, 0) is 65.9 Å². The lowest BCUT2D eigenvalue weighted by atomic mass is 9.88. The molecule has 1 saturated carbocycles. The minimum Gasteiger partial charge on any atom is -0.496 e. The topological polar surface area (TPSA) is 55.8 Å². The van der Waals surface area contributed by atoms with Crippen LogP contribution in [0.15, 0.2) is 72.8 Å². The van der Waals surface area contributed by atoms with Gasteiger partial charge in [-0.3, -0.25) is 4.79 Å². The standard InChI is InChI=1S/C31H32ClNO4/c1-36-29-17-16-26(32)20-28(29)24-14-11-23(12-15-24)21-33(31(35)25-8-4-3-5-9-25)27-10-6-7-22(19-27)13-18-30(34)37-2/h6-7,10-20,25H,3-5,8-9,21H2,1-2H3/b18-13+. The molecule has 1 fully saturated rings. The van der Waals surface area contributed by atoms with Gasteiger partial charge in [-0.15, -0.1) is 0 Å². The van der Waals surface area contributed by atoms with Gasteiger partial charge in [0.15, 0.2) is 0 Å². The van der Waals surface area contributed by atoms with E-state index in [9.17, 15) is 9.59 Å². The van der Waals surface area contributed by atoms with E-state index >= 15 is 0 Å². The van der Waals surface area contributed by atoms with Crippen molar-refractivity contribution in [3.05, 3.63) is 89.0 Å². The molecule has 1 aliphatic rings. The molecule has 0 saturated heterocycles. The average molecular weight is 518 g/mol. The van der Waals surface area contributed by atoms with Crippen molar-refractivity contribution in [2.75, 3.05) is 19.1 Å². The molecule has 3 aromatic carbocycles. The van der Waals surface area contributed by atoms with Gasteiger partial charge in [-0.25, -0.2) is 4.79 Å². The number of carbonyl (C=O) groups excluding carboxylic acids is 2. The Morgan fingerprint density at radius 3 is 2.43 bits per heavy atom. The fourth-order valence-electron chi connectivity index (χ4n) is 4.77. The molecule has 0 unspecified atom stereocenters. The van der Waals surface area contributed by atoms with E-state index < -0.39 is 5.97 Å². The lowest BCUT2D eigenvalue weighted by Gasteiger charge is -2.30. The number of hydrogen-bond donors (Lipinski definition) is 0. The lowest BCUT2D eigenvalue weighted by Crippen LogP contribution is -2.36. The highest BCUT2D eigenvalue weighted by Crippen LogP contribution is 2.33. The average Bonchev–Trinajstić information content (AvgIpc) is 2.95. The Bertz CT molecular complexity index is 1260. The largest absolute Gasteiger partial charge is 0.496 e. The van der Waals surface area contributed by atoms with Crippen LogP contribution in [0.2, 0.25) is 5.02 Å². The number of nitrogens with zero attached hydrogens (tertiary/aromatic N) is 1. The van der Waals surface area contributed by atoms with Crippen molar-refractivity contribution in [2.45, 2.75) is 38.6 Å². The van der Waals surface area contributed by atoms with Crippen molar-refractivity contribution in [3.63, 3.8) is 0 Å². The predicted octanol–water partition coefficient (Wildman–Crippen LogP) is 7.32. The second kappa shape index (κ2) is 12.6. The van der Waals surface area contributed by atoms with E-state index in [1.807, 2.05) is 71.6 Å². The van der Waals surface area contributed by atoms with Gasteiger partial charge in [0, 0.05) is 28.3 Å². The van der Waals surface area contributed by atoms with Gasteiger partial charge in [-0.1, -0.05) is 67.3 Å². The van der Waals surface area contributed by atoms with Crippen LogP contribution in [-0.4, -0.2) is 26.1 Å². The number of anilines is 1. The molecule has 0 spiro atoms. The highest BCUT2D eigenvalue weighted by molar-refractivity contribution is 6.31. The van der Waals surface area contributed by atoms with Gasteiger partial charge >= 0.3 is 5.97 Å². The number of methoxy groups -OCH3 is 2. The molecule has 192 valence electrons. The molecule has 37 heavy (non-hydrogen) atoms. The number of ether oxygens (including phenoxy) is 2. The van der Waals surface area contributed by atoms with Crippen LogP contribution >= 0.6 is 11.6 Å². The highest BCUT2D eigenvalue weighted by atomic mass is 35.5. The molecule has 0 bridgehead atoms. The number of hydrogen-bond acceptors (Lipinski definition) is 4. The summed E-state index contributed by atoms with van der Waals surface area (Å²) in [5.74, 6) is 0.507. The number of esters is 1. The van der Waals surface area contributed by atoms with Crippen molar-refractivity contribution < 1.29 is 19.1 Å². The van der Waals surface area contributed by atoms with Crippen molar-refractivity contribution in [2.24, 2.45) is 5.92 Å². The molecule has 0 aromatic heterocycles. The molecular weight excluding hydrogens is 486 g/mol. The maximum atomic E-state index is 13.7. The summed E-state index contributed by atoms with van der Waals surface area (Å²) in [6.45, 7) is 0.451. The SMILES string of the molecule is COC(=O)/C=C/c1cccc(N(Cc2ccc(-c3cc(Cl)ccc3OC)cc2)C(=O)C2CCCCC2)c1. The van der Waals surface area contributed by atoms with Gasteiger partial charge in [0.25, 0.3) is 0 Å². The fraction of sp³-hybridized carbons (Fsp3) is 0.290. The minimum absolute atomic E-state index is 0.0259. The zero-order valence-electron chi connectivity index (χ0n) is 21.3. The van der Waals surface area contributed by atoms with Crippen molar-refractivity contribution >= 4 is 35.2 Å². The van der Waals surface area contributed by atoms with E-state index in [-0.39, 0.29) is 11.8 Å². The van der Waals surface area contributed by atoms with Crippen molar-refractivity contribution in [1.82, 2.24) is 0 Å². The molecule has 1 aliphatic carbocycles. The van der Waals surface area contributed by atoms with Crippen molar-refractivity contribution in [1.29, 1.82) is 0 Å². The molecule has 1 amide bonds. The Balaban J connectivity index is 1.63. The van der Waals surface area contributed by atoms with Gasteiger partial charge < -0.3 is 14.4 Å². The lowest BCUT2D eigenvalue weighted by molar-refractivity contribution is -0.134. The summed E-state index contributed by atoms with van der Waals surface area (Å²) < 4.78 is 10.2. The number of amides is 1. The van der Waals surface area contributed by atoms with Crippen LogP contribution in [0.25, 0.3) is 17.2 Å². The van der Waals surface area contributed by atoms with E-state index in [0.717, 1.165) is 59.4 Å². The first-order valence-electron chi connectivity index (χ1n) is 12.6. The summed E-state index contributed by atoms with van der Waals surface area (Å²) in [7, 11) is 2.99. The molecule has 5 nitrogen and oxygen atoms in total. The number of benzene rings is 3. The normalized spacial score (nSPS) is 13.9. The molecule has 3 aromatic rings. The molecular formula is C31H32ClNO4.